The van der Waals surface area contributed by atoms with Crippen LogP contribution in [0.4, 0.5) is 4.79 Å². The van der Waals surface area contributed by atoms with Crippen molar-refractivity contribution >= 4 is 23.9 Å². The zero-order chi connectivity index (χ0) is 25.6. The van der Waals surface area contributed by atoms with E-state index in [9.17, 15) is 24.3 Å². The van der Waals surface area contributed by atoms with Crippen LogP contribution in [0.5, 0.6) is 0 Å². The van der Waals surface area contributed by atoms with Crippen LogP contribution in [0.15, 0.2) is 48.5 Å². The van der Waals surface area contributed by atoms with Crippen LogP contribution in [0.1, 0.15) is 43.7 Å². The van der Waals surface area contributed by atoms with Gasteiger partial charge in [0.05, 0.1) is 12.5 Å². The maximum absolute atomic E-state index is 12.7. The zero-order valence-corrected chi connectivity index (χ0v) is 20.0. The van der Waals surface area contributed by atoms with Crippen LogP contribution in [0.2, 0.25) is 0 Å². The number of hydrogen-bond acceptors (Lipinski definition) is 6. The van der Waals surface area contributed by atoms with Crippen molar-refractivity contribution in [2.75, 3.05) is 20.3 Å². The molecule has 0 heterocycles. The van der Waals surface area contributed by atoms with Gasteiger partial charge in [-0.05, 0) is 42.5 Å². The lowest BCUT2D eigenvalue weighted by molar-refractivity contribution is -0.145. The number of carboxylic acid groups (broad SMARTS) is 1. The molecule has 1 atom stereocenters. The summed E-state index contributed by atoms with van der Waals surface area (Å²) < 4.78 is 9.99. The van der Waals surface area contributed by atoms with E-state index in [1.807, 2.05) is 48.5 Å². The molecule has 2 aromatic rings. The molecule has 1 unspecified atom stereocenters. The van der Waals surface area contributed by atoms with Gasteiger partial charge in [-0.25, -0.2) is 9.59 Å². The molecule has 3 rings (SSSR count). The van der Waals surface area contributed by atoms with Gasteiger partial charge in [-0.2, -0.15) is 0 Å². The molecule has 2 amide bonds. The predicted octanol–water partition coefficient (Wildman–Crippen LogP) is 3.07. The largest absolute Gasteiger partial charge is 0.480 e. The van der Waals surface area contributed by atoms with Crippen LogP contribution < -0.4 is 10.6 Å². The summed E-state index contributed by atoms with van der Waals surface area (Å²) in [7, 11) is 1.20. The highest BCUT2D eigenvalue weighted by Gasteiger charge is 2.33. The zero-order valence-electron chi connectivity index (χ0n) is 20.0. The van der Waals surface area contributed by atoms with E-state index in [1.165, 1.54) is 7.11 Å². The third-order valence-electron chi connectivity index (χ3n) is 6.10. The van der Waals surface area contributed by atoms with Gasteiger partial charge in [0.1, 0.15) is 12.6 Å². The van der Waals surface area contributed by atoms with Gasteiger partial charge in [-0.15, -0.1) is 0 Å². The standard InChI is InChI=1S/C26H30N2O7/c1-26(2,24(32)28-21(23(30)31)12-13-22(29)34-3)15-27-25(33)35-14-20-18-10-6-4-8-16(18)17-9-5-7-11-19(17)20/h4-11,20-21H,12-15H2,1-3H3,(H,27,33)(H,28,32)(H,30,31). The number of benzene rings is 2. The van der Waals surface area contributed by atoms with Crippen LogP contribution in [-0.4, -0.2) is 55.3 Å². The number of esters is 1. The number of aliphatic carboxylic acids is 1. The summed E-state index contributed by atoms with van der Waals surface area (Å²) >= 11 is 0. The number of alkyl carbamates (subject to hydrolysis) is 1. The van der Waals surface area contributed by atoms with Crippen molar-refractivity contribution in [2.24, 2.45) is 5.41 Å². The summed E-state index contributed by atoms with van der Waals surface area (Å²) in [5.41, 5.74) is 3.30. The van der Waals surface area contributed by atoms with Crippen LogP contribution in [0.25, 0.3) is 11.1 Å². The monoisotopic (exact) mass is 482 g/mol. The molecule has 3 N–H and O–H groups in total. The fourth-order valence-corrected chi connectivity index (χ4v) is 4.00. The van der Waals surface area contributed by atoms with E-state index < -0.39 is 35.4 Å². The minimum absolute atomic E-state index is 0.0706. The van der Waals surface area contributed by atoms with Crippen LogP contribution in [-0.2, 0) is 23.9 Å². The Bertz CT molecular complexity index is 1070. The molecule has 2 aromatic carbocycles. The fourth-order valence-electron chi connectivity index (χ4n) is 4.00. The summed E-state index contributed by atoms with van der Waals surface area (Å²) in [5.74, 6) is -2.49. The molecule has 0 radical (unpaired) electrons. The van der Waals surface area contributed by atoms with Crippen molar-refractivity contribution in [2.45, 2.75) is 38.6 Å². The predicted molar refractivity (Wildman–Crippen MR) is 128 cm³/mol. The van der Waals surface area contributed by atoms with Gasteiger partial charge >= 0.3 is 18.0 Å². The first-order valence-corrected chi connectivity index (χ1v) is 11.3. The minimum Gasteiger partial charge on any atom is -0.480 e. The molecule has 9 heteroatoms. The molecule has 35 heavy (non-hydrogen) atoms. The number of nitrogens with one attached hydrogen (secondary N) is 2. The number of amides is 2. The average molecular weight is 483 g/mol. The van der Waals surface area contributed by atoms with Crippen molar-refractivity contribution in [1.82, 2.24) is 10.6 Å². The number of fused-ring (bicyclic) bond motifs is 3. The first-order chi connectivity index (χ1) is 16.6. The number of carboxylic acids is 1. The Morgan fingerprint density at radius 2 is 1.57 bits per heavy atom. The van der Waals surface area contributed by atoms with Gasteiger partial charge in [0.25, 0.3) is 0 Å². The summed E-state index contributed by atoms with van der Waals surface area (Å²) in [4.78, 5) is 47.9. The highest BCUT2D eigenvalue weighted by molar-refractivity contribution is 5.88. The van der Waals surface area contributed by atoms with Crippen molar-refractivity contribution in [1.29, 1.82) is 0 Å². The molecule has 186 valence electrons. The lowest BCUT2D eigenvalue weighted by atomic mass is 9.91. The molecule has 0 aromatic heterocycles. The first kappa shape index (κ1) is 25.7. The van der Waals surface area contributed by atoms with Gasteiger partial charge in [0.2, 0.25) is 5.91 Å². The van der Waals surface area contributed by atoms with Crippen LogP contribution in [0.3, 0.4) is 0 Å². The number of carbonyl (C=O) groups is 4. The Morgan fingerprint density at radius 1 is 1.00 bits per heavy atom. The van der Waals surface area contributed by atoms with Gasteiger partial charge in [-0.1, -0.05) is 48.5 Å². The molecule has 0 fully saturated rings. The quantitative estimate of drug-likeness (QED) is 0.444. The van der Waals surface area contributed by atoms with Gasteiger partial charge < -0.3 is 25.2 Å². The molecule has 0 saturated heterocycles. The lowest BCUT2D eigenvalue weighted by Crippen LogP contribution is -2.50. The van der Waals surface area contributed by atoms with Gasteiger partial charge in [0, 0.05) is 18.9 Å². The Balaban J connectivity index is 1.54. The molecular formula is C26H30N2O7. The van der Waals surface area contributed by atoms with E-state index in [2.05, 4.69) is 15.4 Å². The second-order valence-electron chi connectivity index (χ2n) is 9.04. The third kappa shape index (κ3) is 6.17. The maximum atomic E-state index is 12.7. The first-order valence-electron chi connectivity index (χ1n) is 11.3. The van der Waals surface area contributed by atoms with Crippen LogP contribution in [0, 0.1) is 5.41 Å². The molecule has 0 bridgehead atoms. The van der Waals surface area contributed by atoms with E-state index in [1.54, 1.807) is 13.8 Å². The molecule has 1 aliphatic carbocycles. The second kappa shape index (κ2) is 11.0. The third-order valence-corrected chi connectivity index (χ3v) is 6.10. The minimum atomic E-state index is -1.26. The number of hydrogen-bond donors (Lipinski definition) is 3. The molecule has 9 nitrogen and oxygen atoms in total. The molecule has 0 spiro atoms. The maximum Gasteiger partial charge on any atom is 0.407 e. The van der Waals surface area contributed by atoms with Crippen molar-refractivity contribution in [3.8, 4) is 11.1 Å². The lowest BCUT2D eigenvalue weighted by Gasteiger charge is -2.26. The topological polar surface area (TPSA) is 131 Å². The van der Waals surface area contributed by atoms with Gasteiger partial charge in [-0.3, -0.25) is 9.59 Å². The SMILES string of the molecule is COC(=O)CCC(NC(=O)C(C)(C)CNC(=O)OCC1c2ccccc2-c2ccccc21)C(=O)O. The second-order valence-corrected chi connectivity index (χ2v) is 9.04. The Hall–Kier alpha value is -3.88. The highest BCUT2D eigenvalue weighted by Crippen LogP contribution is 2.44. The van der Waals surface area contributed by atoms with E-state index in [0.717, 1.165) is 22.3 Å². The average Bonchev–Trinajstić information content (AvgIpc) is 3.17. The molecular weight excluding hydrogens is 452 g/mol. The van der Waals surface area contributed by atoms with Gasteiger partial charge in [0.15, 0.2) is 0 Å². The summed E-state index contributed by atoms with van der Waals surface area (Å²) in [6.45, 7) is 3.22. The Morgan fingerprint density at radius 3 is 2.11 bits per heavy atom. The molecule has 1 aliphatic rings. The van der Waals surface area contributed by atoms with Crippen molar-refractivity contribution in [3.63, 3.8) is 0 Å². The Kier molecular flexibility index (Phi) is 8.11. The smallest absolute Gasteiger partial charge is 0.407 e. The number of methoxy groups -OCH3 is 1. The number of ether oxygens (including phenoxy) is 2. The Labute approximate surface area is 203 Å². The van der Waals surface area contributed by atoms with E-state index in [4.69, 9.17) is 4.74 Å². The van der Waals surface area contributed by atoms with Crippen molar-refractivity contribution < 1.29 is 33.8 Å². The van der Waals surface area contributed by atoms with Crippen molar-refractivity contribution in [3.05, 3.63) is 59.7 Å². The number of rotatable bonds is 10. The summed E-state index contributed by atoms with van der Waals surface area (Å²) in [6.07, 6.45) is -0.927. The molecule has 0 aliphatic heterocycles. The van der Waals surface area contributed by atoms with Crippen LogP contribution >= 0.6 is 0 Å². The normalized spacial score (nSPS) is 13.2. The van der Waals surface area contributed by atoms with E-state index >= 15 is 0 Å². The summed E-state index contributed by atoms with van der Waals surface area (Å²) in [5, 5.41) is 14.4. The number of carbonyl (C=O) groups excluding carboxylic acids is 3. The van der Waals surface area contributed by atoms with E-state index in [-0.39, 0.29) is 31.9 Å². The molecule has 0 saturated carbocycles. The summed E-state index contributed by atoms with van der Waals surface area (Å²) in [6, 6.07) is 14.7. The fraction of sp³-hybridized carbons (Fsp3) is 0.385. The highest BCUT2D eigenvalue weighted by atomic mass is 16.5. The van der Waals surface area contributed by atoms with E-state index in [0.29, 0.717) is 0 Å².